The Labute approximate surface area is 89.4 Å². The van der Waals surface area contributed by atoms with Gasteiger partial charge in [-0.25, -0.2) is 0 Å². The molecule has 0 bridgehead atoms. The van der Waals surface area contributed by atoms with Crippen molar-refractivity contribution in [3.63, 3.8) is 0 Å². The van der Waals surface area contributed by atoms with E-state index in [1.165, 1.54) is 0 Å². The third-order valence-electron chi connectivity index (χ3n) is 1.92. The largest absolute Gasteiger partial charge is 0.481 e. The fraction of sp³-hybridized carbons (Fsp3) is 0.800. The summed E-state index contributed by atoms with van der Waals surface area (Å²) in [6, 6.07) is 0. The molecule has 5 nitrogen and oxygen atoms in total. The second kappa shape index (κ2) is 7.36. The van der Waals surface area contributed by atoms with Crippen LogP contribution >= 0.6 is 0 Å². The van der Waals surface area contributed by atoms with Gasteiger partial charge in [0, 0.05) is 13.2 Å². The van der Waals surface area contributed by atoms with Crippen LogP contribution in [0.25, 0.3) is 0 Å². The molecule has 1 N–H and O–H groups in total. The Morgan fingerprint density at radius 3 is 1.87 bits per heavy atom. The minimum atomic E-state index is -1.13. The lowest BCUT2D eigenvalue weighted by molar-refractivity contribution is -0.175. The third-order valence-corrected chi connectivity index (χ3v) is 1.92. The van der Waals surface area contributed by atoms with Crippen molar-refractivity contribution in [3.05, 3.63) is 0 Å². The second-order valence-electron chi connectivity index (χ2n) is 2.94. The van der Waals surface area contributed by atoms with Crippen molar-refractivity contribution in [2.24, 2.45) is 5.92 Å². The van der Waals surface area contributed by atoms with Crippen molar-refractivity contribution >= 4 is 11.8 Å². The van der Waals surface area contributed by atoms with Crippen LogP contribution in [0.15, 0.2) is 0 Å². The number of carbonyl (C=O) groups excluding carboxylic acids is 1. The number of carboxylic acids is 1. The van der Waals surface area contributed by atoms with E-state index in [4.69, 9.17) is 14.6 Å². The molecule has 0 heterocycles. The van der Waals surface area contributed by atoms with Gasteiger partial charge < -0.3 is 14.6 Å². The SMILES string of the molecule is CCOC(OCC)C(=O)C(CC)C(=O)O. The molecule has 0 saturated carbocycles. The van der Waals surface area contributed by atoms with E-state index in [9.17, 15) is 9.59 Å². The van der Waals surface area contributed by atoms with E-state index in [-0.39, 0.29) is 6.42 Å². The Hall–Kier alpha value is -0.940. The maximum absolute atomic E-state index is 11.7. The van der Waals surface area contributed by atoms with Crippen LogP contribution < -0.4 is 0 Å². The molecule has 0 aromatic rings. The Morgan fingerprint density at radius 1 is 1.13 bits per heavy atom. The summed E-state index contributed by atoms with van der Waals surface area (Å²) in [6.07, 6.45) is -0.814. The van der Waals surface area contributed by atoms with Crippen LogP contribution in [0.5, 0.6) is 0 Å². The summed E-state index contributed by atoms with van der Waals surface area (Å²) in [4.78, 5) is 22.4. The fourth-order valence-electron chi connectivity index (χ4n) is 1.18. The molecule has 0 saturated heterocycles. The van der Waals surface area contributed by atoms with Crippen LogP contribution in [0.1, 0.15) is 27.2 Å². The first-order valence-electron chi connectivity index (χ1n) is 5.08. The van der Waals surface area contributed by atoms with E-state index in [1.807, 2.05) is 0 Å². The Balaban J connectivity index is 4.51. The van der Waals surface area contributed by atoms with Crippen molar-refractivity contribution in [1.82, 2.24) is 0 Å². The van der Waals surface area contributed by atoms with Gasteiger partial charge in [-0.3, -0.25) is 9.59 Å². The molecule has 0 fully saturated rings. The van der Waals surface area contributed by atoms with Crippen molar-refractivity contribution in [2.45, 2.75) is 33.5 Å². The zero-order valence-corrected chi connectivity index (χ0v) is 9.36. The van der Waals surface area contributed by atoms with Crippen molar-refractivity contribution in [3.8, 4) is 0 Å². The van der Waals surface area contributed by atoms with Crippen LogP contribution in [0.3, 0.4) is 0 Å². The fourth-order valence-corrected chi connectivity index (χ4v) is 1.18. The number of ketones is 1. The van der Waals surface area contributed by atoms with Gasteiger partial charge in [0.05, 0.1) is 0 Å². The summed E-state index contributed by atoms with van der Waals surface area (Å²) in [5.74, 6) is -2.70. The molecule has 0 aromatic carbocycles. The van der Waals surface area contributed by atoms with E-state index < -0.39 is 24.0 Å². The molecule has 0 aliphatic rings. The van der Waals surface area contributed by atoms with E-state index in [0.29, 0.717) is 13.2 Å². The van der Waals surface area contributed by atoms with Crippen LogP contribution in [-0.2, 0) is 19.1 Å². The van der Waals surface area contributed by atoms with Gasteiger partial charge >= 0.3 is 5.97 Å². The average Bonchev–Trinajstić information content (AvgIpc) is 2.17. The molecule has 0 aliphatic carbocycles. The van der Waals surface area contributed by atoms with Crippen LogP contribution in [-0.4, -0.2) is 36.4 Å². The highest BCUT2D eigenvalue weighted by Crippen LogP contribution is 2.11. The molecule has 15 heavy (non-hydrogen) atoms. The number of hydrogen-bond donors (Lipinski definition) is 1. The molecule has 5 heteroatoms. The Kier molecular flexibility index (Phi) is 6.90. The molecule has 0 aromatic heterocycles. The standard InChI is InChI=1S/C10H18O5/c1-4-7(9(12)13)8(11)10(14-5-2)15-6-3/h7,10H,4-6H2,1-3H3,(H,12,13). The molecule has 0 spiro atoms. The normalized spacial score (nSPS) is 12.8. The highest BCUT2D eigenvalue weighted by Gasteiger charge is 2.31. The van der Waals surface area contributed by atoms with Gasteiger partial charge in [0.2, 0.25) is 12.1 Å². The zero-order valence-electron chi connectivity index (χ0n) is 9.36. The number of rotatable bonds is 8. The lowest BCUT2D eigenvalue weighted by Crippen LogP contribution is -2.36. The lowest BCUT2D eigenvalue weighted by atomic mass is 10.0. The topological polar surface area (TPSA) is 72.8 Å². The number of ether oxygens (including phenoxy) is 2. The molecule has 1 unspecified atom stereocenters. The van der Waals surface area contributed by atoms with E-state index in [2.05, 4.69) is 0 Å². The number of Topliss-reactive ketones (excluding diaryl/α,β-unsaturated/α-hetero) is 1. The van der Waals surface area contributed by atoms with E-state index >= 15 is 0 Å². The van der Waals surface area contributed by atoms with Crippen LogP contribution in [0.4, 0.5) is 0 Å². The lowest BCUT2D eigenvalue weighted by Gasteiger charge is -2.18. The second-order valence-corrected chi connectivity index (χ2v) is 2.94. The molecular weight excluding hydrogens is 200 g/mol. The number of carbonyl (C=O) groups is 2. The first kappa shape index (κ1) is 14.1. The molecule has 0 aliphatic heterocycles. The zero-order chi connectivity index (χ0) is 11.8. The number of carboxylic acid groups (broad SMARTS) is 1. The minimum absolute atomic E-state index is 0.241. The summed E-state index contributed by atoms with van der Waals surface area (Å²) < 4.78 is 10.1. The first-order valence-corrected chi connectivity index (χ1v) is 5.08. The molecule has 88 valence electrons. The number of hydrogen-bond acceptors (Lipinski definition) is 4. The first-order chi connectivity index (χ1) is 7.08. The van der Waals surface area contributed by atoms with Gasteiger partial charge in [-0.05, 0) is 20.3 Å². The summed E-state index contributed by atoms with van der Waals surface area (Å²) in [5, 5.41) is 8.80. The van der Waals surface area contributed by atoms with Gasteiger partial charge in [0.15, 0.2) is 0 Å². The quantitative estimate of drug-likeness (QED) is 0.487. The van der Waals surface area contributed by atoms with E-state index in [0.717, 1.165) is 0 Å². The molecular formula is C10H18O5. The molecule has 0 amide bonds. The Morgan fingerprint density at radius 2 is 1.60 bits per heavy atom. The molecule has 0 rings (SSSR count). The number of aliphatic carboxylic acids is 1. The van der Waals surface area contributed by atoms with Crippen LogP contribution in [0, 0.1) is 5.92 Å². The summed E-state index contributed by atoms with van der Waals surface area (Å²) in [7, 11) is 0. The van der Waals surface area contributed by atoms with Gasteiger partial charge in [-0.15, -0.1) is 0 Å². The smallest absolute Gasteiger partial charge is 0.314 e. The Bertz CT molecular complexity index is 208. The highest BCUT2D eigenvalue weighted by molar-refractivity contribution is 5.99. The van der Waals surface area contributed by atoms with Gasteiger partial charge in [0.25, 0.3) is 0 Å². The van der Waals surface area contributed by atoms with Gasteiger partial charge in [-0.2, -0.15) is 0 Å². The predicted molar refractivity (Wildman–Crippen MR) is 53.5 cm³/mol. The van der Waals surface area contributed by atoms with E-state index in [1.54, 1.807) is 20.8 Å². The maximum atomic E-state index is 11.7. The third kappa shape index (κ3) is 4.40. The van der Waals surface area contributed by atoms with Crippen LogP contribution in [0.2, 0.25) is 0 Å². The summed E-state index contributed by atoms with van der Waals surface area (Å²) in [6.45, 7) is 5.71. The minimum Gasteiger partial charge on any atom is -0.481 e. The maximum Gasteiger partial charge on any atom is 0.314 e. The highest BCUT2D eigenvalue weighted by atomic mass is 16.7. The predicted octanol–water partition coefficient (Wildman–Crippen LogP) is 1.07. The monoisotopic (exact) mass is 218 g/mol. The summed E-state index contributed by atoms with van der Waals surface area (Å²) in [5.41, 5.74) is 0. The average molecular weight is 218 g/mol. The van der Waals surface area contributed by atoms with Crippen molar-refractivity contribution in [1.29, 1.82) is 0 Å². The van der Waals surface area contributed by atoms with Gasteiger partial charge in [0.1, 0.15) is 5.92 Å². The molecule has 0 radical (unpaired) electrons. The molecule has 1 atom stereocenters. The van der Waals surface area contributed by atoms with Crippen molar-refractivity contribution < 1.29 is 24.2 Å². The van der Waals surface area contributed by atoms with Crippen molar-refractivity contribution in [2.75, 3.05) is 13.2 Å². The summed E-state index contributed by atoms with van der Waals surface area (Å²) >= 11 is 0. The van der Waals surface area contributed by atoms with Gasteiger partial charge in [-0.1, -0.05) is 6.92 Å².